The molecule has 3 aromatic rings. The van der Waals surface area contributed by atoms with Crippen LogP contribution in [0.25, 0.3) is 5.69 Å². The van der Waals surface area contributed by atoms with Gasteiger partial charge in [0, 0.05) is 12.4 Å². The van der Waals surface area contributed by atoms with E-state index in [4.69, 9.17) is 11.6 Å². The number of aromatic nitrogens is 2. The maximum Gasteiger partial charge on any atom is 0.416 e. The van der Waals surface area contributed by atoms with Crippen molar-refractivity contribution in [2.75, 3.05) is 0 Å². The Hall–Kier alpha value is -2.98. The molecule has 1 fully saturated rings. The van der Waals surface area contributed by atoms with E-state index < -0.39 is 41.3 Å². The predicted octanol–water partition coefficient (Wildman–Crippen LogP) is 5.80. The van der Waals surface area contributed by atoms with Crippen molar-refractivity contribution in [1.82, 2.24) is 15.1 Å². The highest BCUT2D eigenvalue weighted by Crippen LogP contribution is 2.42. The maximum absolute atomic E-state index is 14.3. The third kappa shape index (κ3) is 5.18. The molecule has 1 saturated carbocycles. The van der Waals surface area contributed by atoms with Crippen LogP contribution in [0.2, 0.25) is 5.02 Å². The molecule has 2 aromatic carbocycles. The van der Waals surface area contributed by atoms with Gasteiger partial charge in [-0.3, -0.25) is 4.79 Å². The number of carbonyl (C=O) groups excluding carboxylic acids is 1. The van der Waals surface area contributed by atoms with Gasteiger partial charge in [0.05, 0.1) is 33.5 Å². The Labute approximate surface area is 202 Å². The van der Waals surface area contributed by atoms with Crippen LogP contribution in [0.4, 0.5) is 22.0 Å². The molecule has 35 heavy (non-hydrogen) atoms. The van der Waals surface area contributed by atoms with Crippen molar-refractivity contribution < 1.29 is 31.9 Å². The van der Waals surface area contributed by atoms with E-state index in [1.54, 1.807) is 0 Å². The number of aliphatic hydroxyl groups is 1. The van der Waals surface area contributed by atoms with Gasteiger partial charge in [-0.1, -0.05) is 23.7 Å². The van der Waals surface area contributed by atoms with Crippen LogP contribution in [0.5, 0.6) is 0 Å². The molecule has 0 saturated heterocycles. The second kappa shape index (κ2) is 9.58. The van der Waals surface area contributed by atoms with Gasteiger partial charge in [-0.15, -0.1) is 0 Å². The molecule has 1 aliphatic carbocycles. The number of hydrogen-bond acceptors (Lipinski definition) is 3. The van der Waals surface area contributed by atoms with Gasteiger partial charge in [-0.05, 0) is 61.6 Å². The summed E-state index contributed by atoms with van der Waals surface area (Å²) in [4.78, 5) is 13.4. The van der Waals surface area contributed by atoms with Gasteiger partial charge in [0.2, 0.25) is 0 Å². The van der Waals surface area contributed by atoms with E-state index >= 15 is 0 Å². The number of amides is 1. The highest BCUT2D eigenvalue weighted by Gasteiger charge is 2.43. The molecule has 1 aromatic heterocycles. The van der Waals surface area contributed by atoms with Gasteiger partial charge < -0.3 is 10.4 Å². The van der Waals surface area contributed by atoms with Gasteiger partial charge >= 0.3 is 6.18 Å². The summed E-state index contributed by atoms with van der Waals surface area (Å²) >= 11 is 6.16. The number of alkyl halides is 4. The lowest BCUT2D eigenvalue weighted by atomic mass is 9.76. The van der Waals surface area contributed by atoms with E-state index in [1.165, 1.54) is 30.6 Å². The molecule has 1 heterocycles. The minimum absolute atomic E-state index is 0.0224. The molecule has 1 atom stereocenters. The Bertz CT molecular complexity index is 1210. The minimum atomic E-state index is -4.66. The normalized spacial score (nSPS) is 21.5. The first-order valence-corrected chi connectivity index (χ1v) is 11.2. The highest BCUT2D eigenvalue weighted by molar-refractivity contribution is 6.31. The van der Waals surface area contributed by atoms with Crippen LogP contribution in [0, 0.1) is 5.82 Å². The Morgan fingerprint density at radius 1 is 1.20 bits per heavy atom. The quantitative estimate of drug-likeness (QED) is 0.424. The van der Waals surface area contributed by atoms with Gasteiger partial charge in [0.1, 0.15) is 12.0 Å². The molecule has 1 amide bonds. The molecule has 5 nitrogen and oxygen atoms in total. The lowest BCUT2D eigenvalue weighted by Gasteiger charge is -2.41. The summed E-state index contributed by atoms with van der Waals surface area (Å²) in [6.45, 7) is 0. The molecule has 0 aliphatic heterocycles. The third-order valence-electron chi connectivity index (χ3n) is 6.21. The number of carbonyl (C=O) groups is 1. The number of halogens is 6. The predicted molar refractivity (Wildman–Crippen MR) is 118 cm³/mol. The average molecular weight is 514 g/mol. The Morgan fingerprint density at radius 2 is 1.91 bits per heavy atom. The van der Waals surface area contributed by atoms with Crippen molar-refractivity contribution in [3.8, 4) is 5.69 Å². The van der Waals surface area contributed by atoms with Crippen LogP contribution in [0.15, 0.2) is 54.9 Å². The number of rotatable bonds is 5. The van der Waals surface area contributed by atoms with Crippen LogP contribution in [0.1, 0.15) is 53.2 Å². The second-order valence-corrected chi connectivity index (χ2v) is 8.89. The van der Waals surface area contributed by atoms with Crippen molar-refractivity contribution >= 4 is 17.5 Å². The average Bonchev–Trinajstić information content (AvgIpc) is 3.35. The lowest BCUT2D eigenvalue weighted by Crippen LogP contribution is -2.48. The van der Waals surface area contributed by atoms with Gasteiger partial charge in [-0.2, -0.15) is 18.3 Å². The molecule has 0 bridgehead atoms. The zero-order valence-corrected chi connectivity index (χ0v) is 19.0. The van der Waals surface area contributed by atoms with Crippen molar-refractivity contribution in [3.63, 3.8) is 0 Å². The van der Waals surface area contributed by atoms with E-state index in [0.717, 1.165) is 28.9 Å². The van der Waals surface area contributed by atoms with Crippen LogP contribution < -0.4 is 5.32 Å². The molecule has 1 aliphatic rings. The Kier molecular flexibility index (Phi) is 6.88. The first kappa shape index (κ1) is 25.1. The summed E-state index contributed by atoms with van der Waals surface area (Å²) < 4.78 is 69.2. The summed E-state index contributed by atoms with van der Waals surface area (Å²) in [5, 5.41) is 17.6. The molecule has 11 heteroatoms. The van der Waals surface area contributed by atoms with Gasteiger partial charge in [0.15, 0.2) is 0 Å². The number of hydrogen-bond donors (Lipinski definition) is 2. The molecule has 2 N–H and O–H groups in total. The Balaban J connectivity index is 1.77. The summed E-state index contributed by atoms with van der Waals surface area (Å²) in [5.41, 5.74) is -2.88. The van der Waals surface area contributed by atoms with E-state index in [2.05, 4.69) is 10.4 Å². The first-order valence-electron chi connectivity index (χ1n) is 10.8. The van der Waals surface area contributed by atoms with Crippen molar-refractivity contribution in [3.05, 3.63) is 82.4 Å². The summed E-state index contributed by atoms with van der Waals surface area (Å²) in [5.74, 6) is -1.62. The monoisotopic (exact) mass is 513 g/mol. The van der Waals surface area contributed by atoms with Gasteiger partial charge in [0.25, 0.3) is 5.91 Å². The van der Waals surface area contributed by atoms with Gasteiger partial charge in [-0.25, -0.2) is 13.5 Å². The third-order valence-corrected chi connectivity index (χ3v) is 6.61. The van der Waals surface area contributed by atoms with Crippen molar-refractivity contribution in [2.24, 2.45) is 0 Å². The van der Waals surface area contributed by atoms with Crippen LogP contribution in [-0.4, -0.2) is 32.6 Å². The first-order chi connectivity index (χ1) is 16.5. The van der Waals surface area contributed by atoms with E-state index in [-0.39, 0.29) is 47.5 Å². The van der Waals surface area contributed by atoms with Crippen molar-refractivity contribution in [2.45, 2.75) is 49.7 Å². The standard InChI is InChI=1S/C24H21ClF5N3O2/c25-20-17(3-1-4-18(20)27)21(23(35)9-7-15(26)8-10-23)32-22(34)16-6-5-14(24(28,29)30)13-19(16)33-12-2-11-31-33/h1-6,11-13,15,21,35H,7-10H2,(H,32,34)/t15-,21?,23-. The largest absolute Gasteiger partial charge is 0.416 e. The zero-order valence-electron chi connectivity index (χ0n) is 18.2. The van der Waals surface area contributed by atoms with Crippen LogP contribution in [0.3, 0.4) is 0 Å². The fraction of sp³-hybridized carbons (Fsp3) is 0.333. The number of benzene rings is 2. The molecule has 0 radical (unpaired) electrons. The molecular formula is C24H21ClF5N3O2. The fourth-order valence-electron chi connectivity index (χ4n) is 4.33. The number of nitrogens with zero attached hydrogens (tertiary/aromatic N) is 2. The molecule has 4 rings (SSSR count). The maximum atomic E-state index is 14.3. The summed E-state index contributed by atoms with van der Waals surface area (Å²) in [6.07, 6.45) is -3.09. The Morgan fingerprint density at radius 3 is 2.54 bits per heavy atom. The summed E-state index contributed by atoms with van der Waals surface area (Å²) in [7, 11) is 0. The molecule has 1 unspecified atom stereocenters. The van der Waals surface area contributed by atoms with E-state index in [0.29, 0.717) is 0 Å². The highest BCUT2D eigenvalue weighted by atomic mass is 35.5. The van der Waals surface area contributed by atoms with Crippen molar-refractivity contribution in [1.29, 1.82) is 0 Å². The lowest BCUT2D eigenvalue weighted by molar-refractivity contribution is -0.137. The molecule has 0 spiro atoms. The van der Waals surface area contributed by atoms with Crippen LogP contribution >= 0.6 is 11.6 Å². The summed E-state index contributed by atoms with van der Waals surface area (Å²) in [6, 6.07) is 6.67. The van der Waals surface area contributed by atoms with E-state index in [1.807, 2.05) is 0 Å². The topological polar surface area (TPSA) is 67.2 Å². The second-order valence-electron chi connectivity index (χ2n) is 8.51. The fourth-order valence-corrected chi connectivity index (χ4v) is 4.56. The molecule has 186 valence electrons. The molecular weight excluding hydrogens is 493 g/mol. The zero-order chi connectivity index (χ0) is 25.4. The van der Waals surface area contributed by atoms with E-state index in [9.17, 15) is 31.9 Å². The number of nitrogens with one attached hydrogen (secondary N) is 1. The minimum Gasteiger partial charge on any atom is -0.387 e. The smallest absolute Gasteiger partial charge is 0.387 e. The van der Waals surface area contributed by atoms with Crippen LogP contribution in [-0.2, 0) is 6.18 Å². The SMILES string of the molecule is O=C(NC(c1cccc(F)c1Cl)[C@]1(O)CC[C@H](F)CC1)c1ccc(C(F)(F)F)cc1-n1cccn1.